The molecule has 0 N–H and O–H groups in total. The van der Waals surface area contributed by atoms with Gasteiger partial charge < -0.3 is 14.1 Å². The molecule has 0 bridgehead atoms. The highest BCUT2D eigenvalue weighted by Gasteiger charge is 2.25. The highest BCUT2D eigenvalue weighted by molar-refractivity contribution is 7.98. The van der Waals surface area contributed by atoms with Crippen molar-refractivity contribution in [3.8, 4) is 17.2 Å². The van der Waals surface area contributed by atoms with Gasteiger partial charge in [-0.1, -0.05) is 36.8 Å². The summed E-state index contributed by atoms with van der Waals surface area (Å²) in [5.74, 6) is 3.71. The molecule has 2 aromatic carbocycles. The van der Waals surface area contributed by atoms with Crippen molar-refractivity contribution < 1.29 is 9.15 Å². The first-order valence-corrected chi connectivity index (χ1v) is 14.1. The molecule has 5 rings (SSSR count). The van der Waals surface area contributed by atoms with Crippen LogP contribution in [0.5, 0.6) is 5.75 Å². The fraction of sp³-hybridized carbons (Fsp3) is 0.500. The van der Waals surface area contributed by atoms with Crippen molar-refractivity contribution in [1.29, 1.82) is 0 Å². The second-order valence-corrected chi connectivity index (χ2v) is 10.6. The standard InChI is InChI=1S/C28H36N4O2S/c1-3-7-26(8-4-1)33-19-20-35-22-27-29-30-28(34-27)24-11-9-23(10-12-24)21-31-17-13-25(14-18-31)32-15-5-2-6-16-32/h1,3-4,7-12,25H,2,5-6,13-22H2. The number of aromatic nitrogens is 2. The highest BCUT2D eigenvalue weighted by Crippen LogP contribution is 2.24. The molecule has 3 heterocycles. The van der Waals surface area contributed by atoms with Crippen LogP contribution in [0, 0.1) is 0 Å². The van der Waals surface area contributed by atoms with E-state index in [1.54, 1.807) is 11.8 Å². The molecule has 7 heteroatoms. The predicted octanol–water partition coefficient (Wildman–Crippen LogP) is 5.50. The molecule has 0 atom stereocenters. The lowest BCUT2D eigenvalue weighted by Crippen LogP contribution is -2.46. The summed E-state index contributed by atoms with van der Waals surface area (Å²) in [7, 11) is 0. The molecule has 6 nitrogen and oxygen atoms in total. The van der Waals surface area contributed by atoms with Crippen LogP contribution in [0.2, 0.25) is 0 Å². The molecule has 0 aliphatic carbocycles. The van der Waals surface area contributed by atoms with Crippen LogP contribution in [-0.4, -0.2) is 64.6 Å². The SMILES string of the molecule is c1ccc(OCCSCc2nnc(-c3ccc(CN4CCC(N5CCCCC5)CC4)cc3)o2)cc1. The molecule has 2 fully saturated rings. The summed E-state index contributed by atoms with van der Waals surface area (Å²) in [5, 5.41) is 8.47. The molecule has 0 spiro atoms. The summed E-state index contributed by atoms with van der Waals surface area (Å²) in [6.45, 7) is 6.70. The van der Waals surface area contributed by atoms with E-state index in [0.29, 0.717) is 24.1 Å². The minimum absolute atomic E-state index is 0.593. The highest BCUT2D eigenvalue weighted by atomic mass is 32.2. The average Bonchev–Trinajstić information content (AvgIpc) is 3.39. The van der Waals surface area contributed by atoms with Crippen LogP contribution in [0.25, 0.3) is 11.5 Å². The number of benzene rings is 2. The van der Waals surface area contributed by atoms with Crippen molar-refractivity contribution >= 4 is 11.8 Å². The number of para-hydroxylation sites is 1. The quantitative estimate of drug-likeness (QED) is 0.346. The third-order valence-electron chi connectivity index (χ3n) is 7.00. The molecule has 2 saturated heterocycles. The van der Waals surface area contributed by atoms with Crippen molar-refractivity contribution in [3.05, 3.63) is 66.1 Å². The number of likely N-dealkylation sites (tertiary alicyclic amines) is 2. The number of rotatable bonds is 10. The number of ether oxygens (including phenoxy) is 1. The first-order chi connectivity index (χ1) is 17.3. The third kappa shape index (κ3) is 7.09. The Morgan fingerprint density at radius 2 is 1.66 bits per heavy atom. The minimum Gasteiger partial charge on any atom is -0.493 e. The van der Waals surface area contributed by atoms with Gasteiger partial charge in [-0.2, -0.15) is 0 Å². The predicted molar refractivity (Wildman–Crippen MR) is 142 cm³/mol. The zero-order chi connectivity index (χ0) is 23.7. The summed E-state index contributed by atoms with van der Waals surface area (Å²) >= 11 is 1.74. The Bertz CT molecular complexity index is 1010. The largest absolute Gasteiger partial charge is 0.493 e. The molecule has 186 valence electrons. The van der Waals surface area contributed by atoms with Gasteiger partial charge in [0.25, 0.3) is 0 Å². The number of thioether (sulfide) groups is 1. The number of hydrogen-bond donors (Lipinski definition) is 0. The van der Waals surface area contributed by atoms with E-state index in [4.69, 9.17) is 9.15 Å². The van der Waals surface area contributed by atoms with Crippen molar-refractivity contribution in [2.75, 3.05) is 38.5 Å². The molecule has 0 amide bonds. The van der Waals surface area contributed by atoms with Gasteiger partial charge in [0.2, 0.25) is 11.8 Å². The lowest BCUT2D eigenvalue weighted by molar-refractivity contribution is 0.0896. The lowest BCUT2D eigenvalue weighted by Gasteiger charge is -2.40. The Balaban J connectivity index is 1.03. The Labute approximate surface area is 213 Å². The van der Waals surface area contributed by atoms with Gasteiger partial charge in [-0.25, -0.2) is 0 Å². The summed E-state index contributed by atoms with van der Waals surface area (Å²) in [6.07, 6.45) is 6.80. The lowest BCUT2D eigenvalue weighted by atomic mass is 9.99. The number of hydrogen-bond acceptors (Lipinski definition) is 7. The van der Waals surface area contributed by atoms with E-state index < -0.39 is 0 Å². The maximum atomic E-state index is 5.89. The first-order valence-electron chi connectivity index (χ1n) is 13.0. The first kappa shape index (κ1) is 24.3. The smallest absolute Gasteiger partial charge is 0.247 e. The van der Waals surface area contributed by atoms with Gasteiger partial charge in [0, 0.05) is 23.9 Å². The Morgan fingerprint density at radius 3 is 2.43 bits per heavy atom. The molecule has 2 aliphatic heterocycles. The van der Waals surface area contributed by atoms with E-state index in [9.17, 15) is 0 Å². The van der Waals surface area contributed by atoms with Gasteiger partial charge in [0.15, 0.2) is 0 Å². The van der Waals surface area contributed by atoms with Crippen molar-refractivity contribution in [2.24, 2.45) is 0 Å². The molecule has 0 saturated carbocycles. The number of piperidine rings is 2. The van der Waals surface area contributed by atoms with Gasteiger partial charge in [0.05, 0.1) is 12.4 Å². The molecule has 1 aromatic heterocycles. The van der Waals surface area contributed by atoms with E-state index in [-0.39, 0.29) is 0 Å². The maximum Gasteiger partial charge on any atom is 0.247 e. The molecule has 2 aliphatic rings. The van der Waals surface area contributed by atoms with Gasteiger partial charge in [-0.15, -0.1) is 22.0 Å². The second kappa shape index (κ2) is 12.6. The van der Waals surface area contributed by atoms with Crippen LogP contribution in [0.4, 0.5) is 0 Å². The van der Waals surface area contributed by atoms with Crippen LogP contribution in [0.3, 0.4) is 0 Å². The summed E-state index contributed by atoms with van der Waals surface area (Å²) in [5.41, 5.74) is 2.33. The normalized spacial score (nSPS) is 18.1. The van der Waals surface area contributed by atoms with Gasteiger partial charge >= 0.3 is 0 Å². The second-order valence-electron chi connectivity index (χ2n) is 9.52. The Morgan fingerprint density at radius 1 is 0.886 bits per heavy atom. The molecule has 0 unspecified atom stereocenters. The fourth-order valence-corrected chi connectivity index (χ4v) is 5.70. The van der Waals surface area contributed by atoms with E-state index in [1.165, 1.54) is 63.8 Å². The topological polar surface area (TPSA) is 54.6 Å². The monoisotopic (exact) mass is 492 g/mol. The Kier molecular flexibility index (Phi) is 8.74. The van der Waals surface area contributed by atoms with Crippen molar-refractivity contribution in [2.45, 2.75) is 50.4 Å². The van der Waals surface area contributed by atoms with Crippen LogP contribution in [0.1, 0.15) is 43.6 Å². The zero-order valence-corrected chi connectivity index (χ0v) is 21.3. The van der Waals surface area contributed by atoms with Crippen molar-refractivity contribution in [1.82, 2.24) is 20.0 Å². The number of nitrogens with zero attached hydrogens (tertiary/aromatic N) is 4. The summed E-state index contributed by atoms with van der Waals surface area (Å²) in [6, 6.07) is 19.3. The van der Waals surface area contributed by atoms with E-state index >= 15 is 0 Å². The van der Waals surface area contributed by atoms with Crippen LogP contribution in [-0.2, 0) is 12.3 Å². The van der Waals surface area contributed by atoms with Gasteiger partial charge in [-0.05, 0) is 81.7 Å². The maximum absolute atomic E-state index is 5.89. The van der Waals surface area contributed by atoms with E-state index in [1.807, 2.05) is 30.3 Å². The molecular formula is C28H36N4O2S. The molecular weight excluding hydrogens is 456 g/mol. The third-order valence-corrected chi connectivity index (χ3v) is 7.91. The summed E-state index contributed by atoms with van der Waals surface area (Å²) < 4.78 is 11.6. The fourth-order valence-electron chi connectivity index (χ4n) is 5.06. The van der Waals surface area contributed by atoms with Crippen LogP contribution < -0.4 is 4.74 Å². The van der Waals surface area contributed by atoms with E-state index in [0.717, 1.165) is 29.7 Å². The molecule has 0 radical (unpaired) electrons. The Hall–Kier alpha value is -2.35. The molecule has 3 aromatic rings. The van der Waals surface area contributed by atoms with Crippen molar-refractivity contribution in [3.63, 3.8) is 0 Å². The average molecular weight is 493 g/mol. The minimum atomic E-state index is 0.593. The van der Waals surface area contributed by atoms with Gasteiger partial charge in [0.1, 0.15) is 5.75 Å². The van der Waals surface area contributed by atoms with Gasteiger partial charge in [-0.3, -0.25) is 4.90 Å². The van der Waals surface area contributed by atoms with Crippen LogP contribution in [0.15, 0.2) is 59.0 Å². The van der Waals surface area contributed by atoms with E-state index in [2.05, 4.69) is 44.3 Å². The molecule has 35 heavy (non-hydrogen) atoms. The van der Waals surface area contributed by atoms with Crippen LogP contribution >= 0.6 is 11.8 Å². The summed E-state index contributed by atoms with van der Waals surface area (Å²) in [4.78, 5) is 5.34. The zero-order valence-electron chi connectivity index (χ0n) is 20.5.